The zero-order valence-electron chi connectivity index (χ0n) is 14.3. The van der Waals surface area contributed by atoms with Crippen molar-refractivity contribution in [3.05, 3.63) is 54.6 Å². The molecule has 0 aliphatic heterocycles. The predicted molar refractivity (Wildman–Crippen MR) is 97.2 cm³/mol. The van der Waals surface area contributed by atoms with Crippen LogP contribution in [-0.4, -0.2) is 15.0 Å². The first kappa shape index (κ1) is 18.5. The molecule has 130 valence electrons. The highest BCUT2D eigenvalue weighted by Crippen LogP contribution is 2.29. The van der Waals surface area contributed by atoms with E-state index in [0.717, 1.165) is 12.8 Å². The van der Waals surface area contributed by atoms with Gasteiger partial charge in [-0.3, -0.25) is 0 Å². The van der Waals surface area contributed by atoms with Crippen LogP contribution in [-0.2, 0) is 9.84 Å². The molecule has 3 nitrogen and oxygen atoms in total. The standard InChI is InChI=1S/C20H26O3S/c1-2-3-4-5-6-12-17-23-19-15-10-11-16-20(19)24(21,22)18-13-8-7-9-14-18/h7-11,13-16H,2-6,12,17H2,1H3. The van der Waals surface area contributed by atoms with E-state index >= 15 is 0 Å². The molecule has 24 heavy (non-hydrogen) atoms. The number of sulfone groups is 1. The number of ether oxygens (including phenoxy) is 1. The van der Waals surface area contributed by atoms with E-state index < -0.39 is 9.84 Å². The topological polar surface area (TPSA) is 43.4 Å². The third-order valence-electron chi connectivity index (χ3n) is 3.95. The fourth-order valence-corrected chi connectivity index (χ4v) is 4.00. The summed E-state index contributed by atoms with van der Waals surface area (Å²) in [6.45, 7) is 2.75. The summed E-state index contributed by atoms with van der Waals surface area (Å²) in [4.78, 5) is 0.530. The van der Waals surface area contributed by atoms with E-state index in [0.29, 0.717) is 17.3 Å². The Kier molecular flexibility index (Phi) is 7.32. The molecule has 0 atom stereocenters. The molecule has 4 heteroatoms. The van der Waals surface area contributed by atoms with Crippen LogP contribution in [0.15, 0.2) is 64.4 Å². The number of benzene rings is 2. The van der Waals surface area contributed by atoms with Gasteiger partial charge < -0.3 is 4.74 Å². The molecule has 0 saturated heterocycles. The molecule has 0 spiro atoms. The van der Waals surface area contributed by atoms with Crippen LogP contribution in [0.5, 0.6) is 5.75 Å². The average Bonchev–Trinajstić information content (AvgIpc) is 2.62. The summed E-state index contributed by atoms with van der Waals surface area (Å²) in [5.74, 6) is 0.440. The molecule has 0 aliphatic rings. The number of hydrogen-bond acceptors (Lipinski definition) is 3. The second-order valence-corrected chi connectivity index (χ2v) is 7.80. The van der Waals surface area contributed by atoms with Gasteiger partial charge in [0.25, 0.3) is 0 Å². The van der Waals surface area contributed by atoms with Crippen molar-refractivity contribution in [2.75, 3.05) is 6.61 Å². The maximum Gasteiger partial charge on any atom is 0.210 e. The first-order chi connectivity index (χ1) is 11.7. The van der Waals surface area contributed by atoms with Crippen molar-refractivity contribution in [3.63, 3.8) is 0 Å². The summed E-state index contributed by atoms with van der Waals surface area (Å²) in [6.07, 6.45) is 7.05. The lowest BCUT2D eigenvalue weighted by atomic mass is 10.1. The van der Waals surface area contributed by atoms with Gasteiger partial charge in [0.05, 0.1) is 11.5 Å². The first-order valence-electron chi connectivity index (χ1n) is 8.68. The van der Waals surface area contributed by atoms with Crippen molar-refractivity contribution in [2.45, 2.75) is 55.2 Å². The first-order valence-corrected chi connectivity index (χ1v) is 10.2. The largest absolute Gasteiger partial charge is 0.492 e. The van der Waals surface area contributed by atoms with E-state index in [-0.39, 0.29) is 4.90 Å². The average molecular weight is 346 g/mol. The number of rotatable bonds is 10. The van der Waals surface area contributed by atoms with E-state index in [9.17, 15) is 8.42 Å². The SMILES string of the molecule is CCCCCCCCOc1ccccc1S(=O)(=O)c1ccccc1. The summed E-state index contributed by atoms with van der Waals surface area (Å²) in [5.41, 5.74) is 0. The molecule has 0 heterocycles. The summed E-state index contributed by atoms with van der Waals surface area (Å²) in [6, 6.07) is 15.4. The highest BCUT2D eigenvalue weighted by Gasteiger charge is 2.21. The molecule has 0 fully saturated rings. The molecule has 2 rings (SSSR count). The smallest absolute Gasteiger partial charge is 0.210 e. The Morgan fingerprint density at radius 1 is 0.792 bits per heavy atom. The van der Waals surface area contributed by atoms with Crippen molar-refractivity contribution < 1.29 is 13.2 Å². The van der Waals surface area contributed by atoms with Crippen LogP contribution in [0.1, 0.15) is 45.4 Å². The highest BCUT2D eigenvalue weighted by molar-refractivity contribution is 7.91. The maximum atomic E-state index is 12.8. The monoisotopic (exact) mass is 346 g/mol. The minimum absolute atomic E-state index is 0.238. The molecule has 0 aromatic heterocycles. The zero-order valence-corrected chi connectivity index (χ0v) is 15.1. The van der Waals surface area contributed by atoms with Gasteiger partial charge in [0.2, 0.25) is 9.84 Å². The van der Waals surface area contributed by atoms with E-state index in [4.69, 9.17) is 4.74 Å². The predicted octanol–water partition coefficient (Wildman–Crippen LogP) is 5.26. The molecule has 0 N–H and O–H groups in total. The van der Waals surface area contributed by atoms with Crippen molar-refractivity contribution in [1.29, 1.82) is 0 Å². The zero-order chi connectivity index (χ0) is 17.3. The van der Waals surface area contributed by atoms with Crippen LogP contribution >= 0.6 is 0 Å². The molecule has 0 saturated carbocycles. The van der Waals surface area contributed by atoms with Crippen molar-refractivity contribution >= 4 is 9.84 Å². The summed E-state index contributed by atoms with van der Waals surface area (Å²) < 4.78 is 31.3. The van der Waals surface area contributed by atoms with Gasteiger partial charge in [-0.15, -0.1) is 0 Å². The summed E-state index contributed by atoms with van der Waals surface area (Å²) >= 11 is 0. The van der Waals surface area contributed by atoms with E-state index in [2.05, 4.69) is 6.92 Å². The van der Waals surface area contributed by atoms with Gasteiger partial charge >= 0.3 is 0 Å². The molecule has 2 aromatic carbocycles. The second kappa shape index (κ2) is 9.48. The third kappa shape index (κ3) is 5.10. The molecule has 0 unspecified atom stereocenters. The van der Waals surface area contributed by atoms with Crippen LogP contribution in [0, 0.1) is 0 Å². The van der Waals surface area contributed by atoms with Crippen LogP contribution in [0.25, 0.3) is 0 Å². The fourth-order valence-electron chi connectivity index (χ4n) is 2.58. The molecular formula is C20H26O3S. The number of para-hydroxylation sites is 1. The van der Waals surface area contributed by atoms with Gasteiger partial charge in [-0.05, 0) is 30.7 Å². The van der Waals surface area contributed by atoms with Crippen LogP contribution in [0.2, 0.25) is 0 Å². The Hall–Kier alpha value is -1.81. The molecule has 0 radical (unpaired) electrons. The van der Waals surface area contributed by atoms with Crippen molar-refractivity contribution in [2.24, 2.45) is 0 Å². The van der Waals surface area contributed by atoms with E-state index in [1.165, 1.54) is 25.7 Å². The Morgan fingerprint density at radius 2 is 1.42 bits per heavy atom. The minimum Gasteiger partial charge on any atom is -0.492 e. The lowest BCUT2D eigenvalue weighted by Gasteiger charge is -2.12. The number of unbranched alkanes of at least 4 members (excludes halogenated alkanes) is 5. The molecule has 0 amide bonds. The lowest BCUT2D eigenvalue weighted by molar-refractivity contribution is 0.297. The van der Waals surface area contributed by atoms with Gasteiger partial charge in [0.15, 0.2) is 0 Å². The minimum atomic E-state index is -3.55. The highest BCUT2D eigenvalue weighted by atomic mass is 32.2. The van der Waals surface area contributed by atoms with Gasteiger partial charge in [0, 0.05) is 0 Å². The van der Waals surface area contributed by atoms with Gasteiger partial charge in [-0.1, -0.05) is 69.4 Å². The third-order valence-corrected chi connectivity index (χ3v) is 5.76. The Labute approximate surface area is 145 Å². The van der Waals surface area contributed by atoms with E-state index in [1.54, 1.807) is 54.6 Å². The summed E-state index contributed by atoms with van der Waals surface area (Å²) in [7, 11) is -3.55. The van der Waals surface area contributed by atoms with Crippen molar-refractivity contribution in [1.82, 2.24) is 0 Å². The quantitative estimate of drug-likeness (QED) is 0.551. The van der Waals surface area contributed by atoms with Gasteiger partial charge in [0.1, 0.15) is 10.6 Å². The molecule has 0 aliphatic carbocycles. The molecular weight excluding hydrogens is 320 g/mol. The summed E-state index contributed by atoms with van der Waals surface area (Å²) in [5, 5.41) is 0. The van der Waals surface area contributed by atoms with E-state index in [1.807, 2.05) is 0 Å². The van der Waals surface area contributed by atoms with Gasteiger partial charge in [-0.25, -0.2) is 8.42 Å². The maximum absolute atomic E-state index is 12.8. The molecule has 2 aromatic rings. The second-order valence-electron chi connectivity index (χ2n) is 5.88. The number of hydrogen-bond donors (Lipinski definition) is 0. The van der Waals surface area contributed by atoms with Crippen LogP contribution in [0.4, 0.5) is 0 Å². The fraction of sp³-hybridized carbons (Fsp3) is 0.400. The Bertz CT molecular complexity index is 709. The Morgan fingerprint density at radius 3 is 2.17 bits per heavy atom. The van der Waals surface area contributed by atoms with Crippen LogP contribution in [0.3, 0.4) is 0 Å². The Balaban J connectivity index is 2.00. The molecule has 0 bridgehead atoms. The van der Waals surface area contributed by atoms with Gasteiger partial charge in [-0.2, -0.15) is 0 Å². The lowest BCUT2D eigenvalue weighted by Crippen LogP contribution is -2.06. The van der Waals surface area contributed by atoms with Crippen LogP contribution < -0.4 is 4.74 Å². The normalized spacial score (nSPS) is 11.4. The van der Waals surface area contributed by atoms with Crippen molar-refractivity contribution in [3.8, 4) is 5.75 Å².